The summed E-state index contributed by atoms with van der Waals surface area (Å²) < 4.78 is 14.7. The molecule has 176 valence electrons. The second-order valence-electron chi connectivity index (χ2n) is 10.7. The van der Waals surface area contributed by atoms with Crippen molar-refractivity contribution in [2.45, 2.75) is 58.7 Å². The molecule has 2 fully saturated rings. The maximum atomic E-state index is 12.3. The first-order valence-electron chi connectivity index (χ1n) is 11.7. The Morgan fingerprint density at radius 1 is 1.18 bits per heavy atom. The Kier molecular flexibility index (Phi) is 5.23. The van der Waals surface area contributed by atoms with E-state index in [4.69, 9.17) is 14.6 Å². The van der Waals surface area contributed by atoms with Gasteiger partial charge in [0.05, 0.1) is 30.4 Å². The Bertz CT molecular complexity index is 1170. The Labute approximate surface area is 194 Å². The van der Waals surface area contributed by atoms with Crippen LogP contribution in [0.25, 0.3) is 22.2 Å². The predicted molar refractivity (Wildman–Crippen MR) is 126 cm³/mol. The van der Waals surface area contributed by atoms with Gasteiger partial charge in [0.2, 0.25) is 0 Å². The van der Waals surface area contributed by atoms with Crippen LogP contribution in [0.2, 0.25) is 0 Å². The van der Waals surface area contributed by atoms with Crippen LogP contribution in [0.4, 0.5) is 4.79 Å². The SMILES string of the molecule is COCCn1cc2cc(-c3cc(C)n(C4CC5(C4)CN(C(=O)OC(C)(C)C)C5)n3)ccc2n1. The normalized spacial score (nSPS) is 17.9. The molecular weight excluding hydrogens is 418 g/mol. The minimum absolute atomic E-state index is 0.199. The number of methoxy groups -OCH3 is 1. The Morgan fingerprint density at radius 2 is 1.94 bits per heavy atom. The average Bonchev–Trinajstić information content (AvgIpc) is 3.25. The van der Waals surface area contributed by atoms with Crippen LogP contribution in [-0.2, 0) is 16.0 Å². The van der Waals surface area contributed by atoms with Crippen LogP contribution < -0.4 is 0 Å². The number of amides is 1. The number of aryl methyl sites for hydroxylation is 1. The first-order chi connectivity index (χ1) is 15.6. The summed E-state index contributed by atoms with van der Waals surface area (Å²) in [5.74, 6) is 0. The number of carbonyl (C=O) groups is 1. The minimum atomic E-state index is -0.448. The summed E-state index contributed by atoms with van der Waals surface area (Å²) >= 11 is 0. The number of hydrogen-bond acceptors (Lipinski definition) is 5. The van der Waals surface area contributed by atoms with Crippen molar-refractivity contribution in [3.8, 4) is 11.3 Å². The molecule has 8 heteroatoms. The van der Waals surface area contributed by atoms with E-state index in [1.807, 2.05) is 30.4 Å². The van der Waals surface area contributed by atoms with Crippen molar-refractivity contribution in [3.63, 3.8) is 0 Å². The quantitative estimate of drug-likeness (QED) is 0.574. The number of hydrogen-bond donors (Lipinski definition) is 0. The first kappa shape index (κ1) is 21.9. The fraction of sp³-hybridized carbons (Fsp3) is 0.560. The molecule has 1 aliphatic carbocycles. The van der Waals surface area contributed by atoms with Gasteiger partial charge in [0.25, 0.3) is 0 Å². The maximum Gasteiger partial charge on any atom is 0.410 e. The highest BCUT2D eigenvalue weighted by molar-refractivity contribution is 5.83. The average molecular weight is 452 g/mol. The molecule has 3 aromatic rings. The van der Waals surface area contributed by atoms with E-state index in [1.165, 1.54) is 5.69 Å². The van der Waals surface area contributed by atoms with Crippen molar-refractivity contribution in [1.29, 1.82) is 0 Å². The molecule has 1 aromatic carbocycles. The van der Waals surface area contributed by atoms with E-state index in [0.29, 0.717) is 12.6 Å². The van der Waals surface area contributed by atoms with Crippen LogP contribution in [0.15, 0.2) is 30.5 Å². The summed E-state index contributed by atoms with van der Waals surface area (Å²) in [6, 6.07) is 8.86. The zero-order chi connectivity index (χ0) is 23.4. The molecule has 1 spiro atoms. The number of ether oxygens (including phenoxy) is 2. The molecule has 0 atom stereocenters. The van der Waals surface area contributed by atoms with Gasteiger partial charge < -0.3 is 14.4 Å². The van der Waals surface area contributed by atoms with Crippen LogP contribution >= 0.6 is 0 Å². The standard InChI is InChI=1S/C25H33N5O3/c1-17-10-22(18-6-7-21-19(11-18)14-29(26-21)8-9-32-5)27-30(17)20-12-25(13-20)15-28(16-25)23(31)33-24(2,3)4/h6-7,10-11,14,20H,8-9,12-13,15-16H2,1-5H3. The van der Waals surface area contributed by atoms with Crippen molar-refractivity contribution in [1.82, 2.24) is 24.5 Å². The minimum Gasteiger partial charge on any atom is -0.444 e. The molecule has 0 unspecified atom stereocenters. The van der Waals surface area contributed by atoms with Gasteiger partial charge in [-0.25, -0.2) is 4.79 Å². The van der Waals surface area contributed by atoms with Gasteiger partial charge in [0, 0.05) is 48.5 Å². The summed E-state index contributed by atoms with van der Waals surface area (Å²) in [5.41, 5.74) is 4.02. The molecular formula is C25H33N5O3. The summed E-state index contributed by atoms with van der Waals surface area (Å²) in [4.78, 5) is 14.1. The predicted octanol–water partition coefficient (Wildman–Crippen LogP) is 4.43. The smallest absolute Gasteiger partial charge is 0.410 e. The third-order valence-electron chi connectivity index (χ3n) is 6.68. The largest absolute Gasteiger partial charge is 0.444 e. The molecule has 2 aromatic heterocycles. The molecule has 2 aliphatic rings. The molecule has 0 N–H and O–H groups in total. The van der Waals surface area contributed by atoms with Gasteiger partial charge in [0.15, 0.2) is 0 Å². The molecule has 1 saturated carbocycles. The molecule has 33 heavy (non-hydrogen) atoms. The van der Waals surface area contributed by atoms with Gasteiger partial charge in [0.1, 0.15) is 5.60 Å². The van der Waals surface area contributed by atoms with Crippen LogP contribution in [0.5, 0.6) is 0 Å². The van der Waals surface area contributed by atoms with Crippen LogP contribution in [0.3, 0.4) is 0 Å². The summed E-state index contributed by atoms with van der Waals surface area (Å²) in [5, 5.41) is 10.7. The lowest BCUT2D eigenvalue weighted by atomic mass is 9.61. The Hall–Kier alpha value is -2.87. The third-order valence-corrected chi connectivity index (χ3v) is 6.68. The van der Waals surface area contributed by atoms with Crippen LogP contribution in [-0.4, -0.2) is 63.0 Å². The highest BCUT2D eigenvalue weighted by atomic mass is 16.6. The second-order valence-corrected chi connectivity index (χ2v) is 10.7. The number of carbonyl (C=O) groups excluding carboxylic acids is 1. The fourth-order valence-electron chi connectivity index (χ4n) is 5.12. The van der Waals surface area contributed by atoms with E-state index < -0.39 is 5.60 Å². The van der Waals surface area contributed by atoms with E-state index in [1.54, 1.807) is 7.11 Å². The van der Waals surface area contributed by atoms with Gasteiger partial charge in [-0.3, -0.25) is 9.36 Å². The van der Waals surface area contributed by atoms with Crippen molar-refractivity contribution in [2.24, 2.45) is 5.41 Å². The van der Waals surface area contributed by atoms with Crippen molar-refractivity contribution in [3.05, 3.63) is 36.2 Å². The topological polar surface area (TPSA) is 74.4 Å². The molecule has 1 saturated heterocycles. The molecule has 1 amide bonds. The number of nitrogens with zero attached hydrogens (tertiary/aromatic N) is 5. The van der Waals surface area contributed by atoms with Gasteiger partial charge in [-0.15, -0.1) is 0 Å². The molecule has 8 nitrogen and oxygen atoms in total. The van der Waals surface area contributed by atoms with E-state index in [-0.39, 0.29) is 11.5 Å². The van der Waals surface area contributed by atoms with Gasteiger partial charge >= 0.3 is 6.09 Å². The first-order valence-corrected chi connectivity index (χ1v) is 11.7. The number of aromatic nitrogens is 4. The zero-order valence-corrected chi connectivity index (χ0v) is 20.2. The summed E-state index contributed by atoms with van der Waals surface area (Å²) in [6.45, 7) is 10.8. The van der Waals surface area contributed by atoms with E-state index in [9.17, 15) is 4.79 Å². The number of rotatable bonds is 5. The van der Waals surface area contributed by atoms with E-state index in [0.717, 1.165) is 54.6 Å². The highest BCUT2D eigenvalue weighted by Crippen LogP contribution is 2.54. The number of fused-ring (bicyclic) bond motifs is 1. The van der Waals surface area contributed by atoms with Crippen LogP contribution in [0, 0.1) is 12.3 Å². The van der Waals surface area contributed by atoms with Gasteiger partial charge in [-0.2, -0.15) is 10.2 Å². The lowest BCUT2D eigenvalue weighted by Crippen LogP contribution is -2.64. The number of likely N-dealkylation sites (tertiary alicyclic amines) is 1. The van der Waals surface area contributed by atoms with Crippen molar-refractivity contribution in [2.75, 3.05) is 26.8 Å². The monoisotopic (exact) mass is 451 g/mol. The van der Waals surface area contributed by atoms with Crippen molar-refractivity contribution >= 4 is 17.0 Å². The number of benzene rings is 1. The lowest BCUT2D eigenvalue weighted by Gasteiger charge is -2.58. The highest BCUT2D eigenvalue weighted by Gasteiger charge is 2.55. The summed E-state index contributed by atoms with van der Waals surface area (Å²) in [7, 11) is 1.70. The molecule has 0 radical (unpaired) electrons. The molecule has 0 bridgehead atoms. The van der Waals surface area contributed by atoms with E-state index >= 15 is 0 Å². The molecule has 1 aliphatic heterocycles. The molecule has 5 rings (SSSR count). The Balaban J connectivity index is 1.24. The third kappa shape index (κ3) is 4.24. The summed E-state index contributed by atoms with van der Waals surface area (Å²) in [6.07, 6.45) is 3.97. The van der Waals surface area contributed by atoms with Gasteiger partial charge in [-0.1, -0.05) is 6.07 Å². The van der Waals surface area contributed by atoms with E-state index in [2.05, 4.69) is 47.2 Å². The van der Waals surface area contributed by atoms with Crippen LogP contribution in [0.1, 0.15) is 45.3 Å². The zero-order valence-electron chi connectivity index (χ0n) is 20.2. The van der Waals surface area contributed by atoms with Crippen molar-refractivity contribution < 1.29 is 14.3 Å². The van der Waals surface area contributed by atoms with Gasteiger partial charge in [-0.05, 0) is 58.7 Å². The molecule has 3 heterocycles. The maximum absolute atomic E-state index is 12.3. The second kappa shape index (κ2) is 7.87. The Morgan fingerprint density at radius 3 is 2.64 bits per heavy atom. The fourth-order valence-corrected chi connectivity index (χ4v) is 5.12. The lowest BCUT2D eigenvalue weighted by molar-refractivity contribution is -0.0930.